The Morgan fingerprint density at radius 1 is 1.29 bits per heavy atom. The van der Waals surface area contributed by atoms with Gasteiger partial charge in [-0.25, -0.2) is 4.98 Å². The molecule has 2 atom stereocenters. The smallest absolute Gasteiger partial charge is 0.226 e. The summed E-state index contributed by atoms with van der Waals surface area (Å²) in [5.74, 6) is 1.22. The number of piperidine rings is 1. The number of hydrogen-bond acceptors (Lipinski definition) is 7. The number of ether oxygens (including phenoxy) is 1. The SMILES string of the molecule is COc1ccc(C2C(CNC(=O)Cc3csc(-c4cnccn4)n3)CCCN2C)cc1. The second-order valence-electron chi connectivity index (χ2n) is 7.82. The van der Waals surface area contributed by atoms with E-state index in [1.165, 1.54) is 16.9 Å². The molecule has 8 heteroatoms. The van der Waals surface area contributed by atoms with Crippen LogP contribution in [0.3, 0.4) is 0 Å². The number of amides is 1. The fourth-order valence-corrected chi connectivity index (χ4v) is 4.97. The first kappa shape index (κ1) is 21.4. The van der Waals surface area contributed by atoms with Gasteiger partial charge >= 0.3 is 0 Å². The number of carbonyl (C=O) groups is 1. The maximum atomic E-state index is 12.6. The summed E-state index contributed by atoms with van der Waals surface area (Å²) in [6.45, 7) is 1.71. The van der Waals surface area contributed by atoms with Gasteiger partial charge in [0.1, 0.15) is 16.5 Å². The minimum Gasteiger partial charge on any atom is -0.497 e. The van der Waals surface area contributed by atoms with Gasteiger partial charge < -0.3 is 10.1 Å². The number of hydrogen-bond donors (Lipinski definition) is 1. The van der Waals surface area contributed by atoms with Crippen molar-refractivity contribution in [1.82, 2.24) is 25.2 Å². The number of methoxy groups -OCH3 is 1. The van der Waals surface area contributed by atoms with Gasteiger partial charge in [-0.1, -0.05) is 12.1 Å². The first-order valence-electron chi connectivity index (χ1n) is 10.5. The van der Waals surface area contributed by atoms with Gasteiger partial charge in [0.15, 0.2) is 0 Å². The highest BCUT2D eigenvalue weighted by molar-refractivity contribution is 7.13. The Hall–Kier alpha value is -2.84. The highest BCUT2D eigenvalue weighted by Crippen LogP contribution is 2.35. The molecule has 1 aliphatic rings. The van der Waals surface area contributed by atoms with Crippen LogP contribution < -0.4 is 10.1 Å². The zero-order valence-electron chi connectivity index (χ0n) is 17.8. The van der Waals surface area contributed by atoms with Crippen molar-refractivity contribution in [2.75, 3.05) is 27.2 Å². The zero-order chi connectivity index (χ0) is 21.6. The molecule has 1 aliphatic heterocycles. The standard InChI is InChI=1S/C23H27N5O2S/c1-28-11-3-4-17(22(28)16-5-7-19(30-2)8-6-16)13-26-21(29)12-18-15-31-23(27-18)20-14-24-9-10-25-20/h5-10,14-15,17,22H,3-4,11-13H2,1-2H3,(H,26,29). The van der Waals surface area contributed by atoms with Gasteiger partial charge in [0.05, 0.1) is 25.4 Å². The first-order chi connectivity index (χ1) is 15.1. The molecule has 0 spiro atoms. The van der Waals surface area contributed by atoms with Crippen LogP contribution in [0.25, 0.3) is 10.7 Å². The predicted molar refractivity (Wildman–Crippen MR) is 121 cm³/mol. The average molecular weight is 438 g/mol. The number of carbonyl (C=O) groups excluding carboxylic acids is 1. The second kappa shape index (κ2) is 9.98. The minimum atomic E-state index is -0.00213. The van der Waals surface area contributed by atoms with Crippen LogP contribution in [0.1, 0.15) is 30.1 Å². The molecule has 1 fully saturated rings. The maximum absolute atomic E-state index is 12.6. The molecule has 0 aliphatic carbocycles. The van der Waals surface area contributed by atoms with E-state index in [9.17, 15) is 4.79 Å². The van der Waals surface area contributed by atoms with Crippen LogP contribution in [-0.4, -0.2) is 53.0 Å². The van der Waals surface area contributed by atoms with Crippen molar-refractivity contribution >= 4 is 17.2 Å². The van der Waals surface area contributed by atoms with Gasteiger partial charge in [-0.15, -0.1) is 11.3 Å². The van der Waals surface area contributed by atoms with Gasteiger partial charge in [-0.05, 0) is 50.0 Å². The fraction of sp³-hybridized carbons (Fsp3) is 0.391. The molecule has 1 saturated heterocycles. The predicted octanol–water partition coefficient (Wildman–Crippen LogP) is 3.35. The summed E-state index contributed by atoms with van der Waals surface area (Å²) in [5, 5.41) is 5.84. The van der Waals surface area contributed by atoms with E-state index in [4.69, 9.17) is 4.74 Å². The lowest BCUT2D eigenvalue weighted by atomic mass is 9.85. The van der Waals surface area contributed by atoms with Crippen LogP contribution in [0.4, 0.5) is 0 Å². The molecule has 3 aromatic rings. The lowest BCUT2D eigenvalue weighted by Crippen LogP contribution is -2.42. The molecule has 2 aromatic heterocycles. The zero-order valence-corrected chi connectivity index (χ0v) is 18.6. The molecule has 0 bridgehead atoms. The van der Waals surface area contributed by atoms with Crippen molar-refractivity contribution in [3.8, 4) is 16.5 Å². The van der Waals surface area contributed by atoms with E-state index in [-0.39, 0.29) is 18.4 Å². The fourth-order valence-electron chi connectivity index (χ4n) is 4.19. The second-order valence-corrected chi connectivity index (χ2v) is 8.67. The van der Waals surface area contributed by atoms with E-state index >= 15 is 0 Å². The third-order valence-electron chi connectivity index (χ3n) is 5.70. The lowest BCUT2D eigenvalue weighted by molar-refractivity contribution is -0.120. The molecule has 31 heavy (non-hydrogen) atoms. The van der Waals surface area contributed by atoms with Crippen molar-refractivity contribution in [2.24, 2.45) is 5.92 Å². The molecule has 0 radical (unpaired) electrons. The van der Waals surface area contributed by atoms with Crippen molar-refractivity contribution in [2.45, 2.75) is 25.3 Å². The monoisotopic (exact) mass is 437 g/mol. The largest absolute Gasteiger partial charge is 0.497 e. The number of nitrogens with zero attached hydrogens (tertiary/aromatic N) is 4. The van der Waals surface area contributed by atoms with Crippen molar-refractivity contribution in [3.63, 3.8) is 0 Å². The van der Waals surface area contributed by atoms with Crippen molar-refractivity contribution < 1.29 is 9.53 Å². The number of rotatable bonds is 7. The van der Waals surface area contributed by atoms with E-state index in [2.05, 4.69) is 44.3 Å². The van der Waals surface area contributed by atoms with E-state index in [1.54, 1.807) is 25.7 Å². The average Bonchev–Trinajstić information content (AvgIpc) is 3.27. The minimum absolute atomic E-state index is 0.00213. The highest BCUT2D eigenvalue weighted by Gasteiger charge is 2.30. The van der Waals surface area contributed by atoms with Crippen LogP contribution in [0.5, 0.6) is 5.75 Å². The molecule has 3 heterocycles. The molecule has 1 amide bonds. The van der Waals surface area contributed by atoms with Gasteiger partial charge in [0.2, 0.25) is 5.91 Å². The topological polar surface area (TPSA) is 80.2 Å². The third kappa shape index (κ3) is 5.26. The Bertz CT molecular complexity index is 993. The molecule has 4 rings (SSSR count). The summed E-state index contributed by atoms with van der Waals surface area (Å²) >= 11 is 1.48. The Morgan fingerprint density at radius 3 is 2.87 bits per heavy atom. The Balaban J connectivity index is 1.36. The third-order valence-corrected chi connectivity index (χ3v) is 6.62. The Labute approximate surface area is 186 Å². The summed E-state index contributed by atoms with van der Waals surface area (Å²) in [7, 11) is 3.84. The van der Waals surface area contributed by atoms with E-state index < -0.39 is 0 Å². The van der Waals surface area contributed by atoms with Crippen LogP contribution in [0.15, 0.2) is 48.2 Å². The maximum Gasteiger partial charge on any atom is 0.226 e. The van der Waals surface area contributed by atoms with Crippen LogP contribution >= 0.6 is 11.3 Å². The van der Waals surface area contributed by atoms with Crippen molar-refractivity contribution in [3.05, 3.63) is 59.5 Å². The summed E-state index contributed by atoms with van der Waals surface area (Å²) in [6.07, 6.45) is 7.46. The number of benzene rings is 1. The van der Waals surface area contributed by atoms with E-state index in [0.29, 0.717) is 12.5 Å². The van der Waals surface area contributed by atoms with E-state index in [0.717, 1.165) is 41.5 Å². The quantitative estimate of drug-likeness (QED) is 0.611. The summed E-state index contributed by atoms with van der Waals surface area (Å²) in [4.78, 5) is 27.9. The number of likely N-dealkylation sites (tertiary alicyclic amines) is 1. The normalized spacial score (nSPS) is 19.2. The molecule has 1 aromatic carbocycles. The molecule has 162 valence electrons. The van der Waals surface area contributed by atoms with Gasteiger partial charge in [0, 0.05) is 30.4 Å². The number of thiazole rings is 1. The number of aromatic nitrogens is 3. The van der Waals surface area contributed by atoms with Gasteiger partial charge in [-0.3, -0.25) is 19.7 Å². The lowest BCUT2D eigenvalue weighted by Gasteiger charge is -2.39. The number of nitrogens with one attached hydrogen (secondary N) is 1. The molecule has 2 unspecified atom stereocenters. The molecular formula is C23H27N5O2S. The molecular weight excluding hydrogens is 410 g/mol. The molecule has 1 N–H and O–H groups in total. The summed E-state index contributed by atoms with van der Waals surface area (Å²) in [5.41, 5.74) is 2.75. The molecule has 7 nitrogen and oxygen atoms in total. The van der Waals surface area contributed by atoms with Crippen molar-refractivity contribution in [1.29, 1.82) is 0 Å². The van der Waals surface area contributed by atoms with Crippen LogP contribution in [0.2, 0.25) is 0 Å². The van der Waals surface area contributed by atoms with Crippen LogP contribution in [-0.2, 0) is 11.2 Å². The highest BCUT2D eigenvalue weighted by atomic mass is 32.1. The molecule has 0 saturated carbocycles. The first-order valence-corrected chi connectivity index (χ1v) is 11.3. The Kier molecular flexibility index (Phi) is 6.89. The summed E-state index contributed by atoms with van der Waals surface area (Å²) < 4.78 is 5.29. The van der Waals surface area contributed by atoms with E-state index in [1.807, 2.05) is 17.5 Å². The summed E-state index contributed by atoms with van der Waals surface area (Å²) in [6, 6.07) is 8.55. The van der Waals surface area contributed by atoms with Gasteiger partial charge in [-0.2, -0.15) is 0 Å². The van der Waals surface area contributed by atoms with Crippen LogP contribution in [0, 0.1) is 5.92 Å². The van der Waals surface area contributed by atoms with Gasteiger partial charge in [0.25, 0.3) is 0 Å². The Morgan fingerprint density at radius 2 is 2.13 bits per heavy atom.